The van der Waals surface area contributed by atoms with E-state index in [1.807, 2.05) is 18.2 Å². The summed E-state index contributed by atoms with van der Waals surface area (Å²) in [6.07, 6.45) is 1.50. The summed E-state index contributed by atoms with van der Waals surface area (Å²) in [5.41, 5.74) is 2.50. The minimum atomic E-state index is -0.0943. The monoisotopic (exact) mass is 338 g/mol. The van der Waals surface area contributed by atoms with E-state index in [0.717, 1.165) is 18.7 Å². The van der Waals surface area contributed by atoms with E-state index >= 15 is 0 Å². The number of furan rings is 1. The van der Waals surface area contributed by atoms with Gasteiger partial charge in [0.1, 0.15) is 37.2 Å². The Kier molecular flexibility index (Phi) is 4.26. The minimum Gasteiger partial charge on any atom is -0.507 e. The smallest absolute Gasteiger partial charge is 0.196 e. The maximum Gasteiger partial charge on any atom is 0.196 e. The van der Waals surface area contributed by atoms with E-state index in [4.69, 9.17) is 9.15 Å². The first-order valence-corrected chi connectivity index (χ1v) is 8.47. The zero-order valence-corrected chi connectivity index (χ0v) is 13.8. The Bertz CT molecular complexity index is 895. The van der Waals surface area contributed by atoms with Crippen LogP contribution < -0.4 is 4.90 Å². The molecule has 5 heteroatoms. The molecule has 128 valence electrons. The summed E-state index contributed by atoms with van der Waals surface area (Å²) in [6, 6.07) is 12.5. The summed E-state index contributed by atoms with van der Waals surface area (Å²) >= 11 is 0. The van der Waals surface area contributed by atoms with Crippen molar-refractivity contribution in [3.63, 3.8) is 0 Å². The lowest BCUT2D eigenvalue weighted by Gasteiger charge is -2.24. The maximum atomic E-state index is 12.9. The van der Waals surface area contributed by atoms with Crippen LogP contribution in [-0.4, -0.2) is 37.2 Å². The van der Waals surface area contributed by atoms with Gasteiger partial charge in [-0.05, 0) is 12.1 Å². The Hall–Kier alpha value is -2.63. The van der Waals surface area contributed by atoms with Gasteiger partial charge in [0, 0.05) is 10.9 Å². The van der Waals surface area contributed by atoms with Gasteiger partial charge in [-0.25, -0.2) is 0 Å². The Balaban J connectivity index is 1.78. The Morgan fingerprint density at radius 1 is 1.08 bits per heavy atom. The molecule has 0 unspecified atom stereocenters. The van der Waals surface area contributed by atoms with Crippen LogP contribution >= 0.6 is 0 Å². The molecule has 0 aliphatic carbocycles. The van der Waals surface area contributed by atoms with Gasteiger partial charge in [0.25, 0.3) is 0 Å². The fourth-order valence-electron chi connectivity index (χ4n) is 3.37. The Labute approximate surface area is 145 Å². The second kappa shape index (κ2) is 6.70. The molecule has 4 rings (SSSR count). The molecule has 0 radical (unpaired) electrons. The Morgan fingerprint density at radius 3 is 2.60 bits per heavy atom. The summed E-state index contributed by atoms with van der Waals surface area (Å²) in [5, 5.41) is 11.2. The van der Waals surface area contributed by atoms with Crippen LogP contribution in [0.5, 0.6) is 5.75 Å². The Morgan fingerprint density at radius 2 is 1.84 bits per heavy atom. The number of benzene rings is 2. The van der Waals surface area contributed by atoms with E-state index in [1.54, 1.807) is 24.3 Å². The number of nitrogens with one attached hydrogen (secondary N) is 1. The molecule has 1 fully saturated rings. The van der Waals surface area contributed by atoms with Gasteiger partial charge in [-0.1, -0.05) is 30.3 Å². The molecule has 5 nitrogen and oxygen atoms in total. The third kappa shape index (κ3) is 3.04. The lowest BCUT2D eigenvalue weighted by Crippen LogP contribution is -3.12. The normalized spacial score (nSPS) is 15.5. The van der Waals surface area contributed by atoms with Crippen molar-refractivity contribution in [2.75, 3.05) is 26.3 Å². The quantitative estimate of drug-likeness (QED) is 0.712. The molecular formula is C20H20NO4+. The maximum absolute atomic E-state index is 12.9. The number of morpholine rings is 1. The van der Waals surface area contributed by atoms with Crippen molar-refractivity contribution < 1.29 is 24.0 Å². The molecule has 1 saturated heterocycles. The molecule has 0 spiro atoms. The van der Waals surface area contributed by atoms with E-state index in [1.165, 1.54) is 11.2 Å². The topological polar surface area (TPSA) is 64.1 Å². The van der Waals surface area contributed by atoms with E-state index in [9.17, 15) is 9.90 Å². The first-order valence-electron chi connectivity index (χ1n) is 8.47. The van der Waals surface area contributed by atoms with Gasteiger partial charge < -0.3 is 19.2 Å². The highest BCUT2D eigenvalue weighted by atomic mass is 16.5. The highest BCUT2D eigenvalue weighted by Gasteiger charge is 2.24. The summed E-state index contributed by atoms with van der Waals surface area (Å²) in [4.78, 5) is 14.2. The molecule has 2 N–H and O–H groups in total. The molecule has 25 heavy (non-hydrogen) atoms. The van der Waals surface area contributed by atoms with Crippen molar-refractivity contribution in [3.8, 4) is 5.75 Å². The van der Waals surface area contributed by atoms with Gasteiger partial charge in [-0.15, -0.1) is 0 Å². The number of fused-ring (bicyclic) bond motifs is 1. The summed E-state index contributed by atoms with van der Waals surface area (Å²) in [7, 11) is 0. The van der Waals surface area contributed by atoms with Crippen molar-refractivity contribution >= 4 is 16.8 Å². The molecule has 2 heterocycles. The van der Waals surface area contributed by atoms with Gasteiger partial charge in [-0.2, -0.15) is 0 Å². The number of carbonyl (C=O) groups excluding carboxylic acids is 1. The summed E-state index contributed by atoms with van der Waals surface area (Å²) < 4.78 is 11.0. The first kappa shape index (κ1) is 15.9. The SMILES string of the molecule is O=C(c1ccccc1)c1coc2ccc(O)c(C[NH+]3CCOCC3)c12. The molecule has 1 aliphatic heterocycles. The second-order valence-corrected chi connectivity index (χ2v) is 6.32. The molecule has 0 bridgehead atoms. The van der Waals surface area contributed by atoms with Gasteiger partial charge in [0.2, 0.25) is 0 Å². The van der Waals surface area contributed by atoms with Gasteiger partial charge in [0.05, 0.1) is 24.3 Å². The second-order valence-electron chi connectivity index (χ2n) is 6.32. The average molecular weight is 338 g/mol. The number of ketones is 1. The van der Waals surface area contributed by atoms with Gasteiger partial charge in [-0.3, -0.25) is 4.79 Å². The minimum absolute atomic E-state index is 0.0943. The summed E-state index contributed by atoms with van der Waals surface area (Å²) in [6.45, 7) is 3.84. The lowest BCUT2D eigenvalue weighted by molar-refractivity contribution is -0.921. The third-order valence-corrected chi connectivity index (χ3v) is 4.73. The zero-order valence-electron chi connectivity index (χ0n) is 13.8. The molecule has 0 saturated carbocycles. The van der Waals surface area contributed by atoms with Crippen molar-refractivity contribution in [1.29, 1.82) is 0 Å². The van der Waals surface area contributed by atoms with Crippen molar-refractivity contribution in [2.45, 2.75) is 6.54 Å². The third-order valence-electron chi connectivity index (χ3n) is 4.73. The number of phenolic OH excluding ortho intramolecular Hbond substituents is 1. The van der Waals surface area contributed by atoms with E-state index < -0.39 is 0 Å². The standard InChI is InChI=1S/C20H19NO4/c22-17-6-7-18-19(15(17)12-21-8-10-24-11-9-21)16(13-25-18)20(23)14-4-2-1-3-5-14/h1-7,13,22H,8-12H2/p+1. The van der Waals surface area contributed by atoms with Crippen LogP contribution in [0.4, 0.5) is 0 Å². The van der Waals surface area contributed by atoms with Crippen LogP contribution in [0, 0.1) is 0 Å². The zero-order chi connectivity index (χ0) is 17.2. The van der Waals surface area contributed by atoms with E-state index in [2.05, 4.69) is 0 Å². The van der Waals surface area contributed by atoms with Crippen molar-refractivity contribution in [1.82, 2.24) is 0 Å². The molecule has 2 aromatic carbocycles. The van der Waals surface area contributed by atoms with Crippen LogP contribution in [0.15, 0.2) is 53.1 Å². The number of ether oxygens (including phenoxy) is 1. The van der Waals surface area contributed by atoms with E-state index in [-0.39, 0.29) is 11.5 Å². The predicted octanol–water partition coefficient (Wildman–Crippen LogP) is 1.78. The highest BCUT2D eigenvalue weighted by molar-refractivity contribution is 6.16. The first-order chi connectivity index (χ1) is 12.2. The number of rotatable bonds is 4. The number of hydrogen-bond acceptors (Lipinski definition) is 4. The van der Waals surface area contributed by atoms with E-state index in [0.29, 0.717) is 41.9 Å². The van der Waals surface area contributed by atoms with Crippen LogP contribution in [0.1, 0.15) is 21.5 Å². The predicted molar refractivity (Wildman–Crippen MR) is 93.0 cm³/mol. The molecular weight excluding hydrogens is 318 g/mol. The number of hydrogen-bond donors (Lipinski definition) is 2. The molecule has 1 aromatic heterocycles. The summed E-state index contributed by atoms with van der Waals surface area (Å²) in [5.74, 6) is 0.109. The molecule has 1 aliphatic rings. The van der Waals surface area contributed by atoms with Crippen LogP contribution in [-0.2, 0) is 11.3 Å². The largest absolute Gasteiger partial charge is 0.507 e. The number of carbonyl (C=O) groups is 1. The van der Waals surface area contributed by atoms with Crippen molar-refractivity contribution in [3.05, 3.63) is 65.4 Å². The fraction of sp³-hybridized carbons (Fsp3) is 0.250. The molecule has 3 aromatic rings. The van der Waals surface area contributed by atoms with Crippen molar-refractivity contribution in [2.24, 2.45) is 0 Å². The molecule has 0 atom stereocenters. The number of aromatic hydroxyl groups is 1. The van der Waals surface area contributed by atoms with Crippen LogP contribution in [0.2, 0.25) is 0 Å². The lowest BCUT2D eigenvalue weighted by atomic mass is 9.98. The van der Waals surface area contributed by atoms with Crippen LogP contribution in [0.3, 0.4) is 0 Å². The van der Waals surface area contributed by atoms with Gasteiger partial charge >= 0.3 is 0 Å². The van der Waals surface area contributed by atoms with Crippen LogP contribution in [0.25, 0.3) is 11.0 Å². The number of quaternary nitrogens is 1. The average Bonchev–Trinajstić information content (AvgIpc) is 3.09. The number of phenols is 1. The highest BCUT2D eigenvalue weighted by Crippen LogP contribution is 2.32. The fourth-order valence-corrected chi connectivity index (χ4v) is 3.37. The molecule has 0 amide bonds. The van der Waals surface area contributed by atoms with Gasteiger partial charge in [0.15, 0.2) is 5.78 Å².